The van der Waals surface area contributed by atoms with Gasteiger partial charge in [-0.15, -0.1) is 0 Å². The second kappa shape index (κ2) is 9.12. The van der Waals surface area contributed by atoms with Crippen LogP contribution in [0.3, 0.4) is 0 Å². The molecule has 0 unspecified atom stereocenters. The van der Waals surface area contributed by atoms with Gasteiger partial charge in [-0.05, 0) is 66.7 Å². The van der Waals surface area contributed by atoms with Gasteiger partial charge in [0.2, 0.25) is 5.91 Å². The Labute approximate surface area is 198 Å². The quantitative estimate of drug-likeness (QED) is 0.576. The first-order chi connectivity index (χ1) is 16.5. The minimum Gasteiger partial charge on any atom is -0.481 e. The fourth-order valence-corrected chi connectivity index (χ4v) is 5.38. The van der Waals surface area contributed by atoms with Gasteiger partial charge in [0.25, 0.3) is 0 Å². The zero-order chi connectivity index (χ0) is 23.7. The van der Waals surface area contributed by atoms with Gasteiger partial charge < -0.3 is 20.5 Å². The zero-order valence-corrected chi connectivity index (χ0v) is 19.1. The van der Waals surface area contributed by atoms with Crippen LogP contribution in [0.4, 0.5) is 4.79 Å². The van der Waals surface area contributed by atoms with E-state index < -0.39 is 17.6 Å². The smallest absolute Gasteiger partial charge is 0.408 e. The molecule has 2 fully saturated rings. The van der Waals surface area contributed by atoms with Crippen molar-refractivity contribution in [3.63, 3.8) is 0 Å². The Bertz CT molecular complexity index is 1060. The monoisotopic (exact) mass is 462 g/mol. The number of benzene rings is 2. The van der Waals surface area contributed by atoms with E-state index in [-0.39, 0.29) is 30.3 Å². The maximum Gasteiger partial charge on any atom is 0.408 e. The van der Waals surface area contributed by atoms with E-state index in [4.69, 9.17) is 9.84 Å². The van der Waals surface area contributed by atoms with Crippen LogP contribution in [0.1, 0.15) is 55.6 Å². The third kappa shape index (κ3) is 4.39. The summed E-state index contributed by atoms with van der Waals surface area (Å²) in [6, 6.07) is 16.3. The first-order valence-electron chi connectivity index (χ1n) is 12.1. The molecule has 5 rings (SSSR count). The summed E-state index contributed by atoms with van der Waals surface area (Å²) in [7, 11) is 0. The fraction of sp³-hybridized carbons (Fsp3) is 0.444. The number of hydrogen-bond acceptors (Lipinski definition) is 4. The number of fused-ring (bicyclic) bond motifs is 3. The lowest BCUT2D eigenvalue weighted by Crippen LogP contribution is -2.50. The summed E-state index contributed by atoms with van der Waals surface area (Å²) in [5.74, 6) is -0.919. The molecular formula is C27H30N2O5. The lowest BCUT2D eigenvalue weighted by molar-refractivity contribution is -0.143. The molecule has 3 aliphatic carbocycles. The lowest BCUT2D eigenvalue weighted by Gasteiger charge is -2.27. The van der Waals surface area contributed by atoms with Crippen molar-refractivity contribution in [3.8, 4) is 11.1 Å². The molecule has 2 aromatic carbocycles. The number of carbonyl (C=O) groups is 3. The molecule has 0 saturated heterocycles. The number of hydrogen-bond donors (Lipinski definition) is 3. The molecule has 3 N–H and O–H groups in total. The lowest BCUT2D eigenvalue weighted by atomic mass is 9.82. The highest BCUT2D eigenvalue weighted by atomic mass is 16.5. The standard InChI is InChI=1S/C27H30N2O5/c30-24(31)18-11-9-17(10-12-18)15-28-25(32)27(13-14-27)29-26(33)34-16-23-21-7-3-1-5-19(21)20-6-2-4-8-22(20)23/h1-8,17-18,23H,9-16H2,(H,28,32)(H,29,33)(H,30,31). The SMILES string of the molecule is O=C(NC1(C(=O)NCC2CCC(C(=O)O)CC2)CC1)OCC1c2ccccc2-c2ccccc21. The van der Waals surface area contributed by atoms with Crippen molar-refractivity contribution >= 4 is 18.0 Å². The van der Waals surface area contributed by atoms with Crippen LogP contribution in [0, 0.1) is 11.8 Å². The third-order valence-corrected chi connectivity index (χ3v) is 7.62. The first-order valence-corrected chi connectivity index (χ1v) is 12.1. The minimum absolute atomic E-state index is 0.0249. The molecule has 0 heterocycles. The van der Waals surface area contributed by atoms with Crippen LogP contribution >= 0.6 is 0 Å². The molecule has 0 spiro atoms. The molecule has 2 amide bonds. The highest BCUT2D eigenvalue weighted by Gasteiger charge is 2.51. The number of carbonyl (C=O) groups excluding carboxylic acids is 2. The van der Waals surface area contributed by atoms with Crippen LogP contribution < -0.4 is 10.6 Å². The molecule has 2 saturated carbocycles. The summed E-state index contributed by atoms with van der Waals surface area (Å²) in [6.45, 7) is 0.726. The van der Waals surface area contributed by atoms with Gasteiger partial charge in [-0.2, -0.15) is 0 Å². The molecule has 0 aliphatic heterocycles. The number of alkyl carbamates (subject to hydrolysis) is 1. The summed E-state index contributed by atoms with van der Waals surface area (Å²) < 4.78 is 5.61. The van der Waals surface area contributed by atoms with Crippen molar-refractivity contribution in [2.75, 3.05) is 13.2 Å². The van der Waals surface area contributed by atoms with Crippen LogP contribution in [0.15, 0.2) is 48.5 Å². The summed E-state index contributed by atoms with van der Waals surface area (Å²) in [5, 5.41) is 14.9. The van der Waals surface area contributed by atoms with E-state index in [9.17, 15) is 14.4 Å². The Morgan fingerprint density at radius 3 is 2.06 bits per heavy atom. The number of carboxylic acids is 1. The van der Waals surface area contributed by atoms with Gasteiger partial charge in [0.1, 0.15) is 12.1 Å². The van der Waals surface area contributed by atoms with Crippen LogP contribution in [0.25, 0.3) is 11.1 Å². The normalized spacial score (nSPS) is 22.2. The molecule has 7 nitrogen and oxygen atoms in total. The van der Waals surface area contributed by atoms with Crippen molar-refractivity contribution in [2.45, 2.75) is 50.0 Å². The van der Waals surface area contributed by atoms with E-state index in [1.165, 1.54) is 11.1 Å². The van der Waals surface area contributed by atoms with Gasteiger partial charge in [-0.25, -0.2) is 4.79 Å². The van der Waals surface area contributed by atoms with Crippen molar-refractivity contribution in [1.29, 1.82) is 0 Å². The highest BCUT2D eigenvalue weighted by molar-refractivity contribution is 5.92. The Morgan fingerprint density at radius 1 is 0.912 bits per heavy atom. The van der Waals surface area contributed by atoms with Crippen LogP contribution in [0.2, 0.25) is 0 Å². The first kappa shape index (κ1) is 22.4. The van der Waals surface area contributed by atoms with E-state index in [1.807, 2.05) is 24.3 Å². The van der Waals surface area contributed by atoms with Crippen LogP contribution in [-0.4, -0.2) is 41.8 Å². The molecule has 34 heavy (non-hydrogen) atoms. The van der Waals surface area contributed by atoms with Crippen LogP contribution in [0.5, 0.6) is 0 Å². The third-order valence-electron chi connectivity index (χ3n) is 7.62. The molecule has 0 atom stereocenters. The predicted molar refractivity (Wildman–Crippen MR) is 126 cm³/mol. The van der Waals surface area contributed by atoms with Gasteiger partial charge in [0.15, 0.2) is 0 Å². The minimum atomic E-state index is -0.888. The number of ether oxygens (including phenoxy) is 1. The van der Waals surface area contributed by atoms with Crippen molar-refractivity contribution in [3.05, 3.63) is 59.7 Å². The number of nitrogens with one attached hydrogen (secondary N) is 2. The van der Waals surface area contributed by atoms with Crippen molar-refractivity contribution in [1.82, 2.24) is 10.6 Å². The Balaban J connectivity index is 1.13. The Kier molecular flexibility index (Phi) is 6.02. The molecule has 7 heteroatoms. The molecular weight excluding hydrogens is 432 g/mol. The second-order valence-electron chi connectivity index (χ2n) is 9.80. The molecule has 0 radical (unpaired) electrons. The van der Waals surface area contributed by atoms with Gasteiger partial charge in [-0.1, -0.05) is 48.5 Å². The molecule has 3 aliphatic rings. The highest BCUT2D eigenvalue weighted by Crippen LogP contribution is 2.44. The second-order valence-corrected chi connectivity index (χ2v) is 9.80. The van der Waals surface area contributed by atoms with Gasteiger partial charge in [0, 0.05) is 12.5 Å². The molecule has 0 bridgehead atoms. The number of amides is 2. The number of carboxylic acid groups (broad SMARTS) is 1. The molecule has 2 aromatic rings. The zero-order valence-electron chi connectivity index (χ0n) is 19.1. The maximum atomic E-state index is 12.8. The summed E-state index contributed by atoms with van der Waals surface area (Å²) in [6.07, 6.45) is 3.51. The van der Waals surface area contributed by atoms with Gasteiger partial charge >= 0.3 is 12.1 Å². The molecule has 0 aromatic heterocycles. The van der Waals surface area contributed by atoms with Crippen LogP contribution in [-0.2, 0) is 14.3 Å². The van der Waals surface area contributed by atoms with E-state index >= 15 is 0 Å². The summed E-state index contributed by atoms with van der Waals surface area (Å²) >= 11 is 0. The van der Waals surface area contributed by atoms with E-state index in [0.29, 0.717) is 32.2 Å². The van der Waals surface area contributed by atoms with Crippen molar-refractivity contribution < 1.29 is 24.2 Å². The average molecular weight is 463 g/mol. The fourth-order valence-electron chi connectivity index (χ4n) is 5.38. The summed E-state index contributed by atoms with van der Waals surface area (Å²) in [5.41, 5.74) is 3.74. The van der Waals surface area contributed by atoms with E-state index in [0.717, 1.165) is 24.0 Å². The Morgan fingerprint density at radius 2 is 1.50 bits per heavy atom. The number of rotatable bonds is 7. The Hall–Kier alpha value is -3.35. The number of aliphatic carboxylic acids is 1. The maximum absolute atomic E-state index is 12.8. The topological polar surface area (TPSA) is 105 Å². The van der Waals surface area contributed by atoms with Gasteiger partial charge in [0.05, 0.1) is 5.92 Å². The molecule has 178 valence electrons. The van der Waals surface area contributed by atoms with E-state index in [1.54, 1.807) is 0 Å². The largest absolute Gasteiger partial charge is 0.481 e. The summed E-state index contributed by atoms with van der Waals surface area (Å²) in [4.78, 5) is 36.5. The van der Waals surface area contributed by atoms with Crippen molar-refractivity contribution in [2.24, 2.45) is 11.8 Å². The predicted octanol–water partition coefficient (Wildman–Crippen LogP) is 4.06. The average Bonchev–Trinajstić information content (AvgIpc) is 3.56. The van der Waals surface area contributed by atoms with Gasteiger partial charge in [-0.3, -0.25) is 9.59 Å². The van der Waals surface area contributed by atoms with E-state index in [2.05, 4.69) is 34.9 Å².